The van der Waals surface area contributed by atoms with Crippen LogP contribution in [0, 0.1) is 0 Å². The highest BCUT2D eigenvalue weighted by molar-refractivity contribution is 5.60. The van der Waals surface area contributed by atoms with Crippen LogP contribution < -0.4 is 18.3 Å². The van der Waals surface area contributed by atoms with E-state index in [-0.39, 0.29) is 5.60 Å². The van der Waals surface area contributed by atoms with Gasteiger partial charge in [-0.2, -0.15) is 0 Å². The molecule has 5 aromatic rings. The van der Waals surface area contributed by atoms with Crippen molar-refractivity contribution in [3.05, 3.63) is 93.6 Å². The van der Waals surface area contributed by atoms with E-state index in [0.29, 0.717) is 39.3 Å². The number of hydrogen-bond acceptors (Lipinski definition) is 8. The zero-order valence-corrected chi connectivity index (χ0v) is 36.8. The molecule has 0 radical (unpaired) electrons. The fourth-order valence-electron chi connectivity index (χ4n) is 6.73. The van der Waals surface area contributed by atoms with Crippen LogP contribution in [0.1, 0.15) is 78.6 Å². The molecule has 0 amide bonds. The van der Waals surface area contributed by atoms with Gasteiger partial charge < -0.3 is 28.3 Å². The minimum Gasteiger partial charge on any atom is -0.434 e. The Morgan fingerprint density at radius 2 is 0.803 bits per heavy atom. The van der Waals surface area contributed by atoms with Gasteiger partial charge in [0.15, 0.2) is 0 Å². The minimum absolute atomic E-state index is 0.108. The Morgan fingerprint density at radius 3 is 1.13 bits per heavy atom. The van der Waals surface area contributed by atoms with Crippen molar-refractivity contribution >= 4 is 12.3 Å². The highest BCUT2D eigenvalue weighted by atomic mass is 16.7. The van der Waals surface area contributed by atoms with Gasteiger partial charge in [-0.1, -0.05) is 0 Å². The first kappa shape index (κ1) is 46.6. The maximum Gasteiger partial charge on any atom is 0.508 e. The van der Waals surface area contributed by atoms with Crippen molar-refractivity contribution in [3.63, 3.8) is 0 Å². The third-order valence-corrected chi connectivity index (χ3v) is 9.93. The van der Waals surface area contributed by atoms with Crippen molar-refractivity contribution in [3.8, 4) is 0 Å². The summed E-state index contributed by atoms with van der Waals surface area (Å²) in [6, 6.07) is 0. The number of ether oxygens (including phenoxy) is 5. The summed E-state index contributed by atoms with van der Waals surface area (Å²) in [6.45, 7) is 16.0. The second-order valence-electron chi connectivity index (χ2n) is 16.4. The van der Waals surface area contributed by atoms with Crippen molar-refractivity contribution in [1.82, 2.24) is 27.8 Å². The van der Waals surface area contributed by atoms with E-state index in [9.17, 15) is 9.59 Å². The van der Waals surface area contributed by atoms with E-state index < -0.39 is 12.3 Å². The van der Waals surface area contributed by atoms with Gasteiger partial charge in [-0.05, 0) is 46.5 Å². The van der Waals surface area contributed by atoms with Crippen LogP contribution in [0.5, 0.6) is 0 Å². The van der Waals surface area contributed by atoms with Gasteiger partial charge in [0, 0.05) is 51.0 Å². The van der Waals surface area contributed by atoms with E-state index in [4.69, 9.17) is 23.7 Å². The average Bonchev–Trinajstić information content (AvgIpc) is 4.10. The molecule has 0 aromatic carbocycles. The first-order valence-electron chi connectivity index (χ1n) is 22.0. The van der Waals surface area contributed by atoms with E-state index in [1.807, 2.05) is 24.9 Å². The predicted octanol–water partition coefficient (Wildman–Crippen LogP) is 4.67. The van der Waals surface area contributed by atoms with Crippen LogP contribution in [0.3, 0.4) is 0 Å². The second-order valence-corrected chi connectivity index (χ2v) is 16.4. The smallest absolute Gasteiger partial charge is 0.434 e. The molecule has 0 saturated heterocycles. The van der Waals surface area contributed by atoms with Crippen LogP contribution >= 0.6 is 0 Å². The monoisotopic (exact) mass is 851 g/mol. The molecule has 5 aromatic heterocycles. The predicted molar refractivity (Wildman–Crippen MR) is 223 cm³/mol. The Bertz CT molecular complexity index is 1940. The molecule has 0 aliphatic carbocycles. The number of carbonyl (C=O) groups is 2. The molecule has 0 unspecified atom stereocenters. The van der Waals surface area contributed by atoms with Crippen LogP contribution in [0.4, 0.5) is 9.59 Å². The van der Waals surface area contributed by atoms with Gasteiger partial charge in [0.05, 0.1) is 97.3 Å². The Labute approximate surface area is 360 Å². The molecule has 17 heteroatoms. The summed E-state index contributed by atoms with van der Waals surface area (Å²) in [5, 5.41) is 0. The second kappa shape index (κ2) is 26.0. The fraction of sp³-hybridized carbons (Fsp3) is 0.614. The third-order valence-electron chi connectivity index (χ3n) is 9.93. The molecule has 0 fully saturated rings. The topological polar surface area (TPSA) is 133 Å². The summed E-state index contributed by atoms with van der Waals surface area (Å²) in [5.41, 5.74) is -0.108. The summed E-state index contributed by atoms with van der Waals surface area (Å²) in [6.07, 6.45) is 37.4. The van der Waals surface area contributed by atoms with Gasteiger partial charge in [0.25, 0.3) is 0 Å². The Hall–Kier alpha value is -5.45. The molecular formula is C44H70N10O7+4. The van der Waals surface area contributed by atoms with Crippen molar-refractivity contribution < 1.29 is 51.5 Å². The number of nitrogens with zero attached hydrogens (tertiary/aromatic N) is 10. The van der Waals surface area contributed by atoms with Crippen LogP contribution in [0.15, 0.2) is 93.6 Å². The molecule has 334 valence electrons. The van der Waals surface area contributed by atoms with Gasteiger partial charge in [0.2, 0.25) is 25.3 Å². The number of aromatic nitrogens is 10. The lowest BCUT2D eigenvalue weighted by Gasteiger charge is -2.18. The van der Waals surface area contributed by atoms with Crippen LogP contribution in [-0.4, -0.2) is 78.8 Å². The molecule has 0 aliphatic heterocycles. The largest absolute Gasteiger partial charge is 0.508 e. The summed E-state index contributed by atoms with van der Waals surface area (Å²) in [4.78, 5) is 28.2. The molecule has 0 N–H and O–H groups in total. The van der Waals surface area contributed by atoms with E-state index in [2.05, 4.69) is 136 Å². The number of unbranched alkanes of at least 4 members (excludes halogenated alkanes) is 2. The summed E-state index contributed by atoms with van der Waals surface area (Å²) in [7, 11) is 0. The van der Waals surface area contributed by atoms with E-state index in [1.165, 1.54) is 0 Å². The first-order chi connectivity index (χ1) is 29.7. The van der Waals surface area contributed by atoms with Crippen molar-refractivity contribution in [1.29, 1.82) is 0 Å². The number of hydrogen-bond donors (Lipinski definition) is 0. The molecule has 5 heterocycles. The standard InChI is InChI=1S/C44H70N10O7/c1-44(2,3)61-36-12-22-54-31-30-53(41-54)21-11-35-60-43(56)59-34-10-20-52-29-26-49(40-52)17-7-6-16-48-25-28-51(39-48)19-9-33-58-42(55)57-32-8-18-50-27-24-47(38-50)15-5-4-14-46-23-13-45-37-46/h13,23-31,37-41H,4-12,14-22,32-36H2,1-3H3/q+4. The van der Waals surface area contributed by atoms with Gasteiger partial charge in [0.1, 0.15) is 49.6 Å². The number of carbonyl (C=O) groups excluding carboxylic acids is 2. The van der Waals surface area contributed by atoms with Crippen LogP contribution in [0.2, 0.25) is 0 Å². The quantitative estimate of drug-likeness (QED) is 0.0370. The lowest BCUT2D eigenvalue weighted by Crippen LogP contribution is -2.32. The molecule has 0 atom stereocenters. The van der Waals surface area contributed by atoms with Crippen molar-refractivity contribution in [2.24, 2.45) is 0 Å². The molecule has 0 aliphatic rings. The van der Waals surface area contributed by atoms with Gasteiger partial charge in [-0.15, -0.1) is 0 Å². The lowest BCUT2D eigenvalue weighted by atomic mass is 10.2. The van der Waals surface area contributed by atoms with Crippen molar-refractivity contribution in [2.45, 2.75) is 143 Å². The Balaban J connectivity index is 0.803. The fourth-order valence-corrected chi connectivity index (χ4v) is 6.73. The maximum absolute atomic E-state index is 12.0. The van der Waals surface area contributed by atoms with Crippen LogP contribution in [0.25, 0.3) is 0 Å². The Kier molecular flexibility index (Phi) is 19.9. The molecule has 61 heavy (non-hydrogen) atoms. The number of rotatable bonds is 30. The minimum atomic E-state index is -0.614. The normalized spacial score (nSPS) is 11.6. The zero-order valence-electron chi connectivity index (χ0n) is 36.8. The highest BCUT2D eigenvalue weighted by Crippen LogP contribution is 2.07. The van der Waals surface area contributed by atoms with Gasteiger partial charge >= 0.3 is 12.3 Å². The van der Waals surface area contributed by atoms with Crippen LogP contribution in [-0.2, 0) is 82.6 Å². The summed E-state index contributed by atoms with van der Waals surface area (Å²) < 4.78 is 46.1. The summed E-state index contributed by atoms with van der Waals surface area (Å²) >= 11 is 0. The molecular weight excluding hydrogens is 781 g/mol. The van der Waals surface area contributed by atoms with Gasteiger partial charge in [-0.25, -0.2) is 51.1 Å². The molecule has 5 rings (SSSR count). The maximum atomic E-state index is 12.0. The highest BCUT2D eigenvalue weighted by Gasteiger charge is 2.12. The number of aryl methyl sites for hydroxylation is 9. The van der Waals surface area contributed by atoms with E-state index >= 15 is 0 Å². The first-order valence-corrected chi connectivity index (χ1v) is 22.0. The van der Waals surface area contributed by atoms with E-state index in [0.717, 1.165) is 110 Å². The van der Waals surface area contributed by atoms with Crippen molar-refractivity contribution in [2.75, 3.05) is 33.0 Å². The summed E-state index contributed by atoms with van der Waals surface area (Å²) in [5.74, 6) is 0. The zero-order chi connectivity index (χ0) is 43.0. The van der Waals surface area contributed by atoms with E-state index in [1.54, 1.807) is 0 Å². The van der Waals surface area contributed by atoms with Gasteiger partial charge in [-0.3, -0.25) is 0 Å². The average molecular weight is 851 g/mol. The SMILES string of the molecule is CC(C)(C)OCCCn1cc[n+](CCCOC(=O)OCCC[n+]2ccn(CCCCn3cc[n+](CCCOC(=O)OCCC[n+]4ccn(CCCCn5ccnc5)c4)c3)c2)c1. The molecule has 0 spiro atoms. The number of imidazole rings is 5. The molecule has 0 saturated carbocycles. The third kappa shape index (κ3) is 19.7. The lowest BCUT2D eigenvalue weighted by molar-refractivity contribution is -0.697. The molecule has 0 bridgehead atoms. The Morgan fingerprint density at radius 1 is 0.459 bits per heavy atom. The molecule has 17 nitrogen and oxygen atoms in total.